The Labute approximate surface area is 408 Å². The molecule has 0 N–H and O–H groups in total. The highest BCUT2D eigenvalue weighted by molar-refractivity contribution is 5.84. The van der Waals surface area contributed by atoms with Gasteiger partial charge in [-0.3, -0.25) is 9.59 Å². The minimum atomic E-state index is -0.609. The number of ketones is 1. The second kappa shape index (κ2) is 32.2. The summed E-state index contributed by atoms with van der Waals surface area (Å²) in [5, 5.41) is 0. The Bertz CT molecular complexity index is 1700. The number of cyclic esters (lactones) is 1. The molecule has 0 spiro atoms. The predicted octanol–water partition coefficient (Wildman–Crippen LogP) is 8.59. The molecule has 2 aliphatic heterocycles. The van der Waals surface area contributed by atoms with Crippen molar-refractivity contribution in [3.63, 3.8) is 0 Å². The second-order valence-electron chi connectivity index (χ2n) is 18.9. The Balaban J connectivity index is 2.49. The lowest BCUT2D eigenvalue weighted by Gasteiger charge is -2.35. The number of allylic oxidation sites excluding steroid dienone is 2. The number of amides is 1. The molecule has 68 heavy (non-hydrogen) atoms. The molecule has 0 fully saturated rings. The van der Waals surface area contributed by atoms with Crippen molar-refractivity contribution in [3.8, 4) is 0 Å². The molecule has 0 aromatic heterocycles. The van der Waals surface area contributed by atoms with Crippen LogP contribution in [0.2, 0.25) is 0 Å². The second-order valence-corrected chi connectivity index (χ2v) is 18.9. The molecule has 0 aromatic carbocycles. The lowest BCUT2D eigenvalue weighted by Crippen LogP contribution is -2.41. The summed E-state index contributed by atoms with van der Waals surface area (Å²) < 4.78 is 53.8. The number of Topliss-reactive ketones (excluding diaryl/α,β-unsaturated/α-hetero) is 1. The summed E-state index contributed by atoms with van der Waals surface area (Å²) in [5.74, 6) is -1.91. The van der Waals surface area contributed by atoms with E-state index in [-0.39, 0.29) is 96.1 Å². The maximum absolute atomic E-state index is 13.7. The van der Waals surface area contributed by atoms with Crippen LogP contribution >= 0.6 is 0 Å². The van der Waals surface area contributed by atoms with E-state index in [2.05, 4.69) is 19.9 Å². The number of esters is 2. The van der Waals surface area contributed by atoms with Crippen molar-refractivity contribution < 1.29 is 61.8 Å². The standard InChI is InChI=1S/C54H87NO13/c1-35-18-16-20-51(58)68-54(41(7)53(66-15)37(3)23-26-46(57)39(5)47(63-12)19-17-27-55(8)34-56)38(4)22-25-43(60-9)32-48(64-13)36(2)21-24-44(61-10)33-49(65-14)40(6)50-30-42(31-52(59)67-50)29-45(28-35)62-11/h16-18,20-22,24-25,27,31,34,36-41,43-45,47-50,53-54H,19,23,26,28-30,32-33H2,1-15H3/b20-16+,24-21+,25-22+,27-17+,35-18+/t36-,37-,38-,39-,40+,41-,43-,44+,45+,47+,48-,49+,50+,53-,54-/m0/s1. The number of methoxy groups -OCH3 is 7. The number of rotatable bonds is 19. The molecular weight excluding hydrogens is 871 g/mol. The van der Waals surface area contributed by atoms with Crippen molar-refractivity contribution in [1.82, 2.24) is 4.90 Å². The topological polar surface area (TPSA) is 155 Å². The summed E-state index contributed by atoms with van der Waals surface area (Å²) >= 11 is 0. The highest BCUT2D eigenvalue weighted by Crippen LogP contribution is 2.33. The van der Waals surface area contributed by atoms with E-state index in [1.807, 2.05) is 65.0 Å². The van der Waals surface area contributed by atoms with Crippen LogP contribution < -0.4 is 0 Å². The van der Waals surface area contributed by atoms with Gasteiger partial charge < -0.3 is 47.5 Å². The number of hydrogen-bond donors (Lipinski definition) is 0. The Morgan fingerprint density at radius 1 is 0.794 bits per heavy atom. The van der Waals surface area contributed by atoms with Crippen LogP contribution in [0, 0.1) is 35.5 Å². The number of hydrogen-bond acceptors (Lipinski definition) is 13. The fraction of sp³-hybridized carbons (Fsp3) is 0.704. The van der Waals surface area contributed by atoms with E-state index in [1.165, 1.54) is 11.0 Å². The Kier molecular flexibility index (Phi) is 28.6. The maximum Gasteiger partial charge on any atom is 0.331 e. The van der Waals surface area contributed by atoms with E-state index < -0.39 is 12.1 Å². The van der Waals surface area contributed by atoms with Crippen LogP contribution in [-0.4, -0.2) is 141 Å². The van der Waals surface area contributed by atoms with Crippen LogP contribution in [0.25, 0.3) is 0 Å². The van der Waals surface area contributed by atoms with Gasteiger partial charge in [-0.25, -0.2) is 9.59 Å². The van der Waals surface area contributed by atoms with E-state index in [0.29, 0.717) is 57.8 Å². The van der Waals surface area contributed by atoms with Crippen LogP contribution in [-0.2, 0) is 61.8 Å². The van der Waals surface area contributed by atoms with Gasteiger partial charge in [0.2, 0.25) is 6.41 Å². The molecule has 2 aliphatic rings. The highest BCUT2D eigenvalue weighted by atomic mass is 16.6. The van der Waals surface area contributed by atoms with Crippen LogP contribution in [0.4, 0.5) is 0 Å². The van der Waals surface area contributed by atoms with E-state index in [1.54, 1.807) is 75.2 Å². The van der Waals surface area contributed by atoms with Gasteiger partial charge in [0.15, 0.2) is 0 Å². The molecule has 15 atom stereocenters. The molecule has 1 amide bonds. The molecule has 14 nitrogen and oxygen atoms in total. The molecule has 0 aliphatic carbocycles. The van der Waals surface area contributed by atoms with E-state index in [4.69, 9.17) is 42.6 Å². The lowest BCUT2D eigenvalue weighted by molar-refractivity contribution is -0.152. The molecular formula is C54H87NO13. The zero-order valence-corrected chi connectivity index (χ0v) is 43.9. The maximum atomic E-state index is 13.7. The third-order valence-corrected chi connectivity index (χ3v) is 13.9. The molecule has 0 radical (unpaired) electrons. The van der Waals surface area contributed by atoms with Gasteiger partial charge >= 0.3 is 11.9 Å². The summed E-state index contributed by atoms with van der Waals surface area (Å²) in [5.41, 5.74) is 1.93. The molecule has 0 saturated heterocycles. The van der Waals surface area contributed by atoms with Crippen LogP contribution in [0.3, 0.4) is 0 Å². The van der Waals surface area contributed by atoms with Gasteiger partial charge in [-0.15, -0.1) is 0 Å². The normalized spacial score (nSPS) is 31.9. The molecule has 2 bridgehead atoms. The molecule has 14 heteroatoms. The summed E-state index contributed by atoms with van der Waals surface area (Å²) in [6.07, 6.45) is 20.1. The van der Waals surface area contributed by atoms with Gasteiger partial charge in [-0.05, 0) is 38.5 Å². The SMILES string of the molecule is CO[C@H]1CC2=CC(=O)O[C@H](C2)[C@H](C)[C@H](OC)C[C@H](OC)/C=C/[C@H](C)[C@@H](OC)C[C@@H](OC)/C=C/[C@H](C)[C@@H]([C@@H](C)[C@@H](OC)[C@@H](C)CCC(=O)[C@H](C)[C@@H](C/C=C/N(C)C=O)OC)OC(=O)/C=C/C=C(\C)C1. The first-order chi connectivity index (χ1) is 32.4. The monoisotopic (exact) mass is 958 g/mol. The van der Waals surface area contributed by atoms with Crippen molar-refractivity contribution in [1.29, 1.82) is 0 Å². The van der Waals surface area contributed by atoms with Crippen molar-refractivity contribution >= 4 is 24.1 Å². The Hall–Kier alpha value is -3.76. The molecule has 0 aromatic rings. The van der Waals surface area contributed by atoms with Gasteiger partial charge in [0.05, 0.1) is 42.7 Å². The average Bonchev–Trinajstić information content (AvgIpc) is 3.32. The van der Waals surface area contributed by atoms with Crippen LogP contribution in [0.15, 0.2) is 72.0 Å². The van der Waals surface area contributed by atoms with Gasteiger partial charge in [-0.1, -0.05) is 95.2 Å². The number of fused-ring (bicyclic) bond motifs is 2. The fourth-order valence-corrected chi connectivity index (χ4v) is 9.37. The Morgan fingerprint density at radius 3 is 2.00 bits per heavy atom. The number of nitrogens with zero attached hydrogens (tertiary/aromatic N) is 1. The zero-order chi connectivity index (χ0) is 50.9. The first-order valence-electron chi connectivity index (χ1n) is 24.3. The van der Waals surface area contributed by atoms with Crippen molar-refractivity contribution in [2.24, 2.45) is 35.5 Å². The molecule has 2 heterocycles. The minimum Gasteiger partial charge on any atom is -0.458 e. The Morgan fingerprint density at radius 2 is 1.43 bits per heavy atom. The fourth-order valence-electron chi connectivity index (χ4n) is 9.37. The van der Waals surface area contributed by atoms with Crippen LogP contribution in [0.1, 0.15) is 99.8 Å². The molecule has 2 rings (SSSR count). The minimum absolute atomic E-state index is 0.0107. The first-order valence-corrected chi connectivity index (χ1v) is 24.3. The summed E-state index contributed by atoms with van der Waals surface area (Å²) in [4.78, 5) is 52.5. The van der Waals surface area contributed by atoms with Gasteiger partial charge in [0.1, 0.15) is 18.0 Å². The smallest absolute Gasteiger partial charge is 0.331 e. The van der Waals surface area contributed by atoms with Gasteiger partial charge in [0.25, 0.3) is 0 Å². The van der Waals surface area contributed by atoms with Crippen molar-refractivity contribution in [2.75, 3.05) is 56.8 Å². The van der Waals surface area contributed by atoms with Crippen molar-refractivity contribution in [2.45, 2.75) is 155 Å². The molecule has 0 unspecified atom stereocenters. The summed E-state index contributed by atoms with van der Waals surface area (Å²) in [6, 6.07) is 0. The molecule has 0 saturated carbocycles. The number of carbonyl (C=O) groups excluding carboxylic acids is 4. The largest absolute Gasteiger partial charge is 0.458 e. The predicted molar refractivity (Wildman–Crippen MR) is 264 cm³/mol. The van der Waals surface area contributed by atoms with Gasteiger partial charge in [0, 0.05) is 130 Å². The quantitative estimate of drug-likeness (QED) is 0.0691. The highest BCUT2D eigenvalue weighted by Gasteiger charge is 2.37. The summed E-state index contributed by atoms with van der Waals surface area (Å²) in [6.45, 7) is 14.1. The third kappa shape index (κ3) is 20.3. The average molecular weight is 958 g/mol. The number of carbonyl (C=O) groups is 4. The van der Waals surface area contributed by atoms with E-state index in [9.17, 15) is 19.2 Å². The first kappa shape index (κ1) is 60.4. The van der Waals surface area contributed by atoms with Gasteiger partial charge in [-0.2, -0.15) is 0 Å². The van der Waals surface area contributed by atoms with E-state index >= 15 is 0 Å². The lowest BCUT2D eigenvalue weighted by atomic mass is 9.81. The molecule has 386 valence electrons. The van der Waals surface area contributed by atoms with E-state index in [0.717, 1.165) is 11.1 Å². The summed E-state index contributed by atoms with van der Waals surface area (Å²) in [7, 11) is 13.3. The number of ether oxygens (including phenoxy) is 9. The van der Waals surface area contributed by atoms with Crippen LogP contribution in [0.5, 0.6) is 0 Å². The zero-order valence-electron chi connectivity index (χ0n) is 43.9. The third-order valence-electron chi connectivity index (χ3n) is 13.9. The van der Waals surface area contributed by atoms with Crippen molar-refractivity contribution in [3.05, 3.63) is 72.0 Å².